The first-order valence-corrected chi connectivity index (χ1v) is 7.77. The zero-order valence-electron chi connectivity index (χ0n) is 12.8. The number of rotatable bonds is 7. The zero-order valence-corrected chi connectivity index (χ0v) is 12.8. The van der Waals surface area contributed by atoms with Gasteiger partial charge in [-0.05, 0) is 25.3 Å². The van der Waals surface area contributed by atoms with Gasteiger partial charge in [-0.2, -0.15) is 0 Å². The summed E-state index contributed by atoms with van der Waals surface area (Å²) >= 11 is 0. The second-order valence-electron chi connectivity index (χ2n) is 6.20. The molecule has 0 radical (unpaired) electrons. The Balaban J connectivity index is 1.78. The van der Waals surface area contributed by atoms with Gasteiger partial charge in [0.25, 0.3) is 0 Å². The average Bonchev–Trinajstić information content (AvgIpc) is 2.84. The molecule has 2 aliphatic heterocycles. The first-order valence-electron chi connectivity index (χ1n) is 7.77. The Morgan fingerprint density at radius 3 is 2.74 bits per heavy atom. The van der Waals surface area contributed by atoms with E-state index in [9.17, 15) is 0 Å². The lowest BCUT2D eigenvalue weighted by Gasteiger charge is -2.45. The predicted molar refractivity (Wildman–Crippen MR) is 77.5 cm³/mol. The second kappa shape index (κ2) is 7.58. The van der Waals surface area contributed by atoms with Crippen molar-refractivity contribution in [3.8, 4) is 0 Å². The number of hydrogen-bond acceptors (Lipinski definition) is 4. The fourth-order valence-electron chi connectivity index (χ4n) is 3.42. The van der Waals surface area contributed by atoms with Gasteiger partial charge >= 0.3 is 0 Å². The average molecular weight is 270 g/mol. The molecule has 0 saturated carbocycles. The van der Waals surface area contributed by atoms with Crippen molar-refractivity contribution < 1.29 is 9.47 Å². The summed E-state index contributed by atoms with van der Waals surface area (Å²) in [5.74, 6) is 0.723. The van der Waals surface area contributed by atoms with Crippen LogP contribution in [-0.2, 0) is 9.47 Å². The van der Waals surface area contributed by atoms with Gasteiger partial charge in [0, 0.05) is 38.8 Å². The summed E-state index contributed by atoms with van der Waals surface area (Å²) in [4.78, 5) is 5.36. The highest BCUT2D eigenvalue weighted by Gasteiger charge is 2.36. The molecule has 4 heteroatoms. The van der Waals surface area contributed by atoms with Gasteiger partial charge in [-0.15, -0.1) is 0 Å². The lowest BCUT2D eigenvalue weighted by Crippen LogP contribution is -2.58. The van der Waals surface area contributed by atoms with Crippen LogP contribution in [0, 0.1) is 5.92 Å². The van der Waals surface area contributed by atoms with Crippen molar-refractivity contribution in [1.82, 2.24) is 9.80 Å². The van der Waals surface area contributed by atoms with Crippen LogP contribution in [0.4, 0.5) is 0 Å². The molecule has 19 heavy (non-hydrogen) atoms. The largest absolute Gasteiger partial charge is 0.382 e. The lowest BCUT2D eigenvalue weighted by molar-refractivity contribution is 0.000335. The summed E-state index contributed by atoms with van der Waals surface area (Å²) in [6, 6.07) is 1.49. The van der Waals surface area contributed by atoms with Gasteiger partial charge in [0.1, 0.15) is 0 Å². The van der Waals surface area contributed by atoms with Crippen molar-refractivity contribution in [2.75, 3.05) is 53.1 Å². The van der Waals surface area contributed by atoms with Crippen molar-refractivity contribution in [2.45, 2.75) is 38.8 Å². The van der Waals surface area contributed by atoms with Crippen LogP contribution in [0.15, 0.2) is 0 Å². The van der Waals surface area contributed by atoms with Crippen LogP contribution in [0.25, 0.3) is 0 Å². The van der Waals surface area contributed by atoms with Gasteiger partial charge in [-0.1, -0.05) is 13.8 Å². The molecule has 0 aromatic rings. The van der Waals surface area contributed by atoms with Gasteiger partial charge < -0.3 is 9.47 Å². The van der Waals surface area contributed by atoms with Crippen LogP contribution >= 0.6 is 0 Å². The minimum absolute atomic E-state index is 0.695. The van der Waals surface area contributed by atoms with Gasteiger partial charge in [0.05, 0.1) is 19.8 Å². The van der Waals surface area contributed by atoms with Gasteiger partial charge in [0.15, 0.2) is 0 Å². The number of methoxy groups -OCH3 is 1. The van der Waals surface area contributed by atoms with E-state index in [1.807, 2.05) is 0 Å². The maximum Gasteiger partial charge on any atom is 0.0700 e. The van der Waals surface area contributed by atoms with Crippen LogP contribution < -0.4 is 0 Å². The van der Waals surface area contributed by atoms with Crippen molar-refractivity contribution in [2.24, 2.45) is 5.92 Å². The number of fused-ring (bicyclic) bond motifs is 1. The van der Waals surface area contributed by atoms with Gasteiger partial charge in [-0.25, -0.2) is 0 Å². The molecule has 0 spiro atoms. The van der Waals surface area contributed by atoms with E-state index in [1.165, 1.54) is 32.5 Å². The Morgan fingerprint density at radius 1 is 1.16 bits per heavy atom. The molecule has 2 saturated heterocycles. The third-order valence-corrected chi connectivity index (χ3v) is 4.56. The summed E-state index contributed by atoms with van der Waals surface area (Å²) < 4.78 is 10.6. The molecule has 0 aromatic heterocycles. The Morgan fingerprint density at radius 2 is 2.00 bits per heavy atom. The Labute approximate surface area is 118 Å². The number of ether oxygens (including phenoxy) is 2. The maximum atomic E-state index is 5.64. The van der Waals surface area contributed by atoms with Crippen LogP contribution in [0.5, 0.6) is 0 Å². The molecule has 2 atom stereocenters. The molecular formula is C15H30N2O2. The normalized spacial score (nSPS) is 29.1. The van der Waals surface area contributed by atoms with Gasteiger partial charge in [-0.3, -0.25) is 9.80 Å². The highest BCUT2D eigenvalue weighted by atomic mass is 16.5. The highest BCUT2D eigenvalue weighted by Crippen LogP contribution is 2.27. The molecule has 2 aliphatic rings. The smallest absolute Gasteiger partial charge is 0.0700 e. The standard InChI is InChI=1S/C15H30N2O2/c1-13(2)15-12-16-6-4-5-14(16)11-17(15)7-8-19-10-9-18-3/h13-15H,4-12H2,1-3H3. The van der Waals surface area contributed by atoms with E-state index >= 15 is 0 Å². The topological polar surface area (TPSA) is 24.9 Å². The molecule has 0 bridgehead atoms. The van der Waals surface area contributed by atoms with E-state index in [0.717, 1.165) is 25.1 Å². The van der Waals surface area contributed by atoms with Crippen LogP contribution in [0.3, 0.4) is 0 Å². The maximum absolute atomic E-state index is 5.64. The molecule has 4 nitrogen and oxygen atoms in total. The summed E-state index contributed by atoms with van der Waals surface area (Å²) in [7, 11) is 1.72. The van der Waals surface area contributed by atoms with Crippen LogP contribution in [0.2, 0.25) is 0 Å². The first kappa shape index (κ1) is 15.2. The summed E-state index contributed by atoms with van der Waals surface area (Å²) in [5, 5.41) is 0. The van der Waals surface area contributed by atoms with E-state index in [0.29, 0.717) is 19.3 Å². The minimum atomic E-state index is 0.695. The molecule has 2 unspecified atom stereocenters. The summed E-state index contributed by atoms with van der Waals surface area (Å²) in [5.41, 5.74) is 0. The van der Waals surface area contributed by atoms with E-state index < -0.39 is 0 Å². The van der Waals surface area contributed by atoms with Gasteiger partial charge in [0.2, 0.25) is 0 Å². The molecule has 0 N–H and O–H groups in total. The quantitative estimate of drug-likeness (QED) is 0.654. The zero-order chi connectivity index (χ0) is 13.7. The summed E-state index contributed by atoms with van der Waals surface area (Å²) in [6.45, 7) is 11.8. The molecule has 2 rings (SSSR count). The number of hydrogen-bond donors (Lipinski definition) is 0. The third kappa shape index (κ3) is 4.15. The van der Waals surface area contributed by atoms with E-state index in [1.54, 1.807) is 7.11 Å². The molecule has 0 amide bonds. The fourth-order valence-corrected chi connectivity index (χ4v) is 3.42. The monoisotopic (exact) mass is 270 g/mol. The molecule has 2 fully saturated rings. The SMILES string of the molecule is COCCOCCN1CC2CCCN2CC1C(C)C. The molecule has 2 heterocycles. The Hall–Kier alpha value is -0.160. The number of nitrogens with zero attached hydrogens (tertiary/aromatic N) is 2. The first-order chi connectivity index (χ1) is 9.22. The molecular weight excluding hydrogens is 240 g/mol. The van der Waals surface area contributed by atoms with E-state index in [4.69, 9.17) is 9.47 Å². The van der Waals surface area contributed by atoms with Crippen LogP contribution in [0.1, 0.15) is 26.7 Å². The van der Waals surface area contributed by atoms with E-state index in [-0.39, 0.29) is 0 Å². The highest BCUT2D eigenvalue weighted by molar-refractivity contribution is 4.93. The fraction of sp³-hybridized carbons (Fsp3) is 1.00. The van der Waals surface area contributed by atoms with Crippen molar-refractivity contribution in [3.63, 3.8) is 0 Å². The molecule has 0 aliphatic carbocycles. The molecule has 0 aromatic carbocycles. The third-order valence-electron chi connectivity index (χ3n) is 4.56. The number of piperazine rings is 1. The Bertz CT molecular complexity index is 261. The minimum Gasteiger partial charge on any atom is -0.382 e. The van der Waals surface area contributed by atoms with Crippen LogP contribution in [-0.4, -0.2) is 75.0 Å². The molecule has 112 valence electrons. The summed E-state index contributed by atoms with van der Waals surface area (Å²) in [6.07, 6.45) is 2.76. The second-order valence-corrected chi connectivity index (χ2v) is 6.20. The predicted octanol–water partition coefficient (Wildman–Crippen LogP) is 1.45. The van der Waals surface area contributed by atoms with E-state index in [2.05, 4.69) is 23.6 Å². The lowest BCUT2D eigenvalue weighted by atomic mass is 9.97. The Kier molecular flexibility index (Phi) is 6.07. The van der Waals surface area contributed by atoms with Crippen molar-refractivity contribution in [3.05, 3.63) is 0 Å². The van der Waals surface area contributed by atoms with Crippen molar-refractivity contribution in [1.29, 1.82) is 0 Å². The van der Waals surface area contributed by atoms with Crippen molar-refractivity contribution >= 4 is 0 Å².